The second-order valence-corrected chi connectivity index (χ2v) is 10.7. The first-order valence-corrected chi connectivity index (χ1v) is 13.4. The lowest BCUT2D eigenvalue weighted by atomic mass is 9.83. The third kappa shape index (κ3) is 6.04. The van der Waals surface area contributed by atoms with Crippen LogP contribution in [-0.2, 0) is 9.53 Å². The molecule has 34 heavy (non-hydrogen) atoms. The van der Waals surface area contributed by atoms with Gasteiger partial charge in [-0.3, -0.25) is 9.69 Å². The van der Waals surface area contributed by atoms with Gasteiger partial charge >= 0.3 is 0 Å². The van der Waals surface area contributed by atoms with Gasteiger partial charge in [-0.25, -0.2) is 0 Å². The van der Waals surface area contributed by atoms with Crippen molar-refractivity contribution in [1.29, 1.82) is 0 Å². The van der Waals surface area contributed by atoms with E-state index in [1.807, 2.05) is 18.2 Å². The van der Waals surface area contributed by atoms with Gasteiger partial charge in [-0.2, -0.15) is 0 Å². The summed E-state index contributed by atoms with van der Waals surface area (Å²) in [5.74, 6) is 2.47. The molecule has 0 bridgehead atoms. The minimum absolute atomic E-state index is 0.246. The van der Waals surface area contributed by atoms with Crippen LogP contribution in [0.3, 0.4) is 0 Å². The molecule has 1 aromatic carbocycles. The molecule has 2 aromatic rings. The normalized spacial score (nSPS) is 25.0. The van der Waals surface area contributed by atoms with Gasteiger partial charge < -0.3 is 19.5 Å². The van der Waals surface area contributed by atoms with Gasteiger partial charge in [-0.15, -0.1) is 0 Å². The van der Waals surface area contributed by atoms with Crippen LogP contribution in [-0.4, -0.2) is 67.9 Å². The molecule has 0 spiro atoms. The SMILES string of the molecule is O=C(CC1CCOCC1)NC1CCC(CCN2CCN(c3noc4cc(Cl)ccc34)CC2)CC1. The number of hydrogen-bond donors (Lipinski definition) is 1. The number of halogens is 1. The lowest BCUT2D eigenvalue weighted by Crippen LogP contribution is -2.47. The topological polar surface area (TPSA) is 70.8 Å². The maximum absolute atomic E-state index is 12.4. The number of carbonyl (C=O) groups is 1. The largest absolute Gasteiger partial charge is 0.381 e. The van der Waals surface area contributed by atoms with Crippen molar-refractivity contribution in [3.05, 3.63) is 23.2 Å². The standard InChI is InChI=1S/C26H37ClN4O3/c27-21-3-6-23-24(18-21)34-29-26(23)31-13-11-30(12-14-31)10-7-19-1-4-22(5-2-19)28-25(32)17-20-8-15-33-16-9-20/h3,6,18-20,22H,1-2,4-5,7-17H2,(H,28,32). The highest BCUT2D eigenvalue weighted by Gasteiger charge is 2.26. The van der Waals surface area contributed by atoms with Gasteiger partial charge in [0.15, 0.2) is 11.4 Å². The van der Waals surface area contributed by atoms with E-state index in [2.05, 4.69) is 20.3 Å². The van der Waals surface area contributed by atoms with E-state index < -0.39 is 0 Å². The van der Waals surface area contributed by atoms with E-state index in [1.54, 1.807) is 0 Å². The van der Waals surface area contributed by atoms with Crippen molar-refractivity contribution in [2.45, 2.75) is 57.4 Å². The zero-order valence-corrected chi connectivity index (χ0v) is 20.8. The minimum Gasteiger partial charge on any atom is -0.381 e. The molecule has 2 aliphatic heterocycles. The molecule has 7 nitrogen and oxygen atoms in total. The van der Waals surface area contributed by atoms with Crippen molar-refractivity contribution in [3.63, 3.8) is 0 Å². The van der Waals surface area contributed by atoms with E-state index in [-0.39, 0.29) is 5.91 Å². The summed E-state index contributed by atoms with van der Waals surface area (Å²) in [6.45, 7) is 6.83. The third-order valence-corrected chi connectivity index (χ3v) is 8.20. The molecule has 1 saturated carbocycles. The van der Waals surface area contributed by atoms with Crippen molar-refractivity contribution < 1.29 is 14.1 Å². The summed E-state index contributed by atoms with van der Waals surface area (Å²) in [6, 6.07) is 6.10. The van der Waals surface area contributed by atoms with Crippen LogP contribution in [0, 0.1) is 11.8 Å². The highest BCUT2D eigenvalue weighted by Crippen LogP contribution is 2.30. The molecule has 8 heteroatoms. The smallest absolute Gasteiger partial charge is 0.220 e. The van der Waals surface area contributed by atoms with Gasteiger partial charge in [-0.1, -0.05) is 16.8 Å². The molecule has 3 aliphatic rings. The highest BCUT2D eigenvalue weighted by molar-refractivity contribution is 6.31. The summed E-state index contributed by atoms with van der Waals surface area (Å²) in [5, 5.41) is 9.32. The molecule has 3 heterocycles. The molecule has 1 aliphatic carbocycles. The molecule has 186 valence electrons. The van der Waals surface area contributed by atoms with Crippen LogP contribution in [0.1, 0.15) is 51.4 Å². The second-order valence-electron chi connectivity index (χ2n) is 10.3. The molecule has 0 radical (unpaired) electrons. The number of piperazine rings is 1. The second kappa shape index (κ2) is 11.3. The average Bonchev–Trinajstić information content (AvgIpc) is 3.27. The summed E-state index contributed by atoms with van der Waals surface area (Å²) in [7, 11) is 0. The third-order valence-electron chi connectivity index (χ3n) is 7.97. The fourth-order valence-electron chi connectivity index (χ4n) is 5.77. The minimum atomic E-state index is 0.246. The Morgan fingerprint density at radius 2 is 1.79 bits per heavy atom. The number of ether oxygens (including phenoxy) is 1. The van der Waals surface area contributed by atoms with E-state index in [0.717, 1.165) is 94.3 Å². The quantitative estimate of drug-likeness (QED) is 0.619. The summed E-state index contributed by atoms with van der Waals surface area (Å²) in [5.41, 5.74) is 0.750. The van der Waals surface area contributed by atoms with Crippen molar-refractivity contribution in [2.24, 2.45) is 11.8 Å². The number of benzene rings is 1. The summed E-state index contributed by atoms with van der Waals surface area (Å²) in [6.07, 6.45) is 8.70. The summed E-state index contributed by atoms with van der Waals surface area (Å²) in [4.78, 5) is 17.3. The Balaban J connectivity index is 0.992. The van der Waals surface area contributed by atoms with E-state index in [4.69, 9.17) is 20.9 Å². The maximum Gasteiger partial charge on any atom is 0.220 e. The Kier molecular flexibility index (Phi) is 7.92. The van der Waals surface area contributed by atoms with Crippen molar-refractivity contribution in [3.8, 4) is 0 Å². The molecule has 5 rings (SSSR count). The Bertz CT molecular complexity index is 945. The number of fused-ring (bicyclic) bond motifs is 1. The van der Waals surface area contributed by atoms with Crippen LogP contribution in [0.15, 0.2) is 22.7 Å². The van der Waals surface area contributed by atoms with Crippen LogP contribution in [0.25, 0.3) is 11.0 Å². The Hall–Kier alpha value is -1.83. The predicted octanol–water partition coefficient (Wildman–Crippen LogP) is 4.49. The first-order chi connectivity index (χ1) is 16.6. The van der Waals surface area contributed by atoms with Gasteiger partial charge in [0.25, 0.3) is 0 Å². The van der Waals surface area contributed by atoms with Crippen LogP contribution < -0.4 is 10.2 Å². The Morgan fingerprint density at radius 1 is 1.03 bits per heavy atom. The molecule has 1 aromatic heterocycles. The number of anilines is 1. The summed E-state index contributed by atoms with van der Waals surface area (Å²) < 4.78 is 10.9. The molecule has 1 amide bonds. The lowest BCUT2D eigenvalue weighted by Gasteiger charge is -2.36. The van der Waals surface area contributed by atoms with Crippen molar-refractivity contribution >= 4 is 34.3 Å². The molecule has 0 atom stereocenters. The molecule has 1 N–H and O–H groups in total. The van der Waals surface area contributed by atoms with Crippen LogP contribution in [0.2, 0.25) is 5.02 Å². The van der Waals surface area contributed by atoms with Gasteiger partial charge in [0.1, 0.15) is 0 Å². The van der Waals surface area contributed by atoms with Gasteiger partial charge in [0.05, 0.1) is 5.39 Å². The number of hydrogen-bond acceptors (Lipinski definition) is 6. The van der Waals surface area contributed by atoms with E-state index in [0.29, 0.717) is 23.4 Å². The molecule has 3 fully saturated rings. The number of aromatic nitrogens is 1. The zero-order valence-electron chi connectivity index (χ0n) is 20.0. The van der Waals surface area contributed by atoms with Gasteiger partial charge in [0.2, 0.25) is 5.91 Å². The molecular formula is C26H37ClN4O3. The Labute approximate surface area is 207 Å². The van der Waals surface area contributed by atoms with E-state index in [1.165, 1.54) is 19.3 Å². The number of nitrogens with zero attached hydrogens (tertiary/aromatic N) is 3. The van der Waals surface area contributed by atoms with E-state index in [9.17, 15) is 4.79 Å². The maximum atomic E-state index is 12.4. The predicted molar refractivity (Wildman–Crippen MR) is 134 cm³/mol. The number of carbonyl (C=O) groups excluding carboxylic acids is 1. The summed E-state index contributed by atoms with van der Waals surface area (Å²) >= 11 is 6.07. The fourth-order valence-corrected chi connectivity index (χ4v) is 5.93. The lowest BCUT2D eigenvalue weighted by molar-refractivity contribution is -0.123. The highest BCUT2D eigenvalue weighted by atomic mass is 35.5. The van der Waals surface area contributed by atoms with Crippen LogP contribution in [0.5, 0.6) is 0 Å². The van der Waals surface area contributed by atoms with E-state index >= 15 is 0 Å². The first-order valence-electron chi connectivity index (χ1n) is 13.0. The van der Waals surface area contributed by atoms with Crippen LogP contribution >= 0.6 is 11.6 Å². The number of rotatable bonds is 7. The Morgan fingerprint density at radius 3 is 2.56 bits per heavy atom. The van der Waals surface area contributed by atoms with Gasteiger partial charge in [-0.05, 0) is 75.5 Å². The molecule has 0 unspecified atom stereocenters. The number of amides is 1. The molecule has 2 saturated heterocycles. The monoisotopic (exact) mass is 488 g/mol. The van der Waals surface area contributed by atoms with Crippen molar-refractivity contribution in [2.75, 3.05) is 50.8 Å². The van der Waals surface area contributed by atoms with Crippen LogP contribution in [0.4, 0.5) is 5.82 Å². The zero-order chi connectivity index (χ0) is 23.3. The number of nitrogens with one attached hydrogen (secondary N) is 1. The van der Waals surface area contributed by atoms with Gasteiger partial charge in [0, 0.05) is 62.9 Å². The first kappa shape index (κ1) is 23.9. The average molecular weight is 489 g/mol. The fraction of sp³-hybridized carbons (Fsp3) is 0.692. The molecular weight excluding hydrogens is 452 g/mol. The van der Waals surface area contributed by atoms with Crippen molar-refractivity contribution in [1.82, 2.24) is 15.4 Å².